The van der Waals surface area contributed by atoms with Crippen LogP contribution in [0.3, 0.4) is 0 Å². The highest BCUT2D eigenvalue weighted by atomic mass is 16.7. The molecule has 0 aliphatic carbocycles. The highest BCUT2D eigenvalue weighted by Crippen LogP contribution is 2.32. The van der Waals surface area contributed by atoms with Crippen molar-refractivity contribution in [3.05, 3.63) is 23.8 Å². The number of hydrogen-bond acceptors (Lipinski definition) is 5. The number of amides is 3. The Kier molecular flexibility index (Phi) is 7.76. The van der Waals surface area contributed by atoms with Gasteiger partial charge >= 0.3 is 0 Å². The zero-order valence-corrected chi connectivity index (χ0v) is 18.6. The lowest BCUT2D eigenvalue weighted by atomic mass is 9.88. The summed E-state index contributed by atoms with van der Waals surface area (Å²) in [6.07, 6.45) is 2.70. The first-order valence-electron chi connectivity index (χ1n) is 11.1. The van der Waals surface area contributed by atoms with Crippen molar-refractivity contribution in [3.8, 4) is 11.5 Å². The number of likely N-dealkylation sites (tertiary alicyclic amines) is 1. The van der Waals surface area contributed by atoms with Gasteiger partial charge in [0.05, 0.1) is 0 Å². The molecule has 0 radical (unpaired) electrons. The maximum absolute atomic E-state index is 12.9. The summed E-state index contributed by atoms with van der Waals surface area (Å²) in [6, 6.07) is 4.34. The zero-order chi connectivity index (χ0) is 22.4. The van der Waals surface area contributed by atoms with E-state index >= 15 is 0 Å². The highest BCUT2D eigenvalue weighted by Gasteiger charge is 2.34. The Hall–Kier alpha value is -2.77. The van der Waals surface area contributed by atoms with Crippen LogP contribution in [-0.4, -0.2) is 55.1 Å². The standard InChI is InChI=1S/C23H33N3O5/c1-4-9-24-23(29)21(16-7-10-26(11-8-16)20(27)12-15(2)3)25-22(28)17-5-6-18-19(13-17)31-14-30-18/h5-6,13,15-16,21H,4,7-12,14H2,1-3H3,(H,24,29)(H,25,28). The average molecular weight is 432 g/mol. The van der Waals surface area contributed by atoms with Gasteiger partial charge in [-0.05, 0) is 49.3 Å². The summed E-state index contributed by atoms with van der Waals surface area (Å²) in [4.78, 5) is 40.0. The molecule has 1 unspecified atom stereocenters. The molecule has 2 heterocycles. The van der Waals surface area contributed by atoms with E-state index in [1.807, 2.05) is 25.7 Å². The van der Waals surface area contributed by atoms with E-state index in [4.69, 9.17) is 9.47 Å². The second-order valence-corrected chi connectivity index (χ2v) is 8.63. The van der Waals surface area contributed by atoms with Crippen LogP contribution in [0.1, 0.15) is 56.8 Å². The third-order valence-electron chi connectivity index (χ3n) is 5.70. The van der Waals surface area contributed by atoms with Gasteiger partial charge in [-0.25, -0.2) is 0 Å². The van der Waals surface area contributed by atoms with Gasteiger partial charge in [0.1, 0.15) is 6.04 Å². The van der Waals surface area contributed by atoms with Gasteiger partial charge < -0.3 is 25.0 Å². The number of nitrogens with zero attached hydrogens (tertiary/aromatic N) is 1. The Morgan fingerprint density at radius 1 is 1.13 bits per heavy atom. The quantitative estimate of drug-likeness (QED) is 0.659. The predicted octanol–water partition coefficient (Wildman–Crippen LogP) is 2.32. The summed E-state index contributed by atoms with van der Waals surface area (Å²) in [6.45, 7) is 7.95. The van der Waals surface area contributed by atoms with Crippen LogP contribution in [0.5, 0.6) is 11.5 Å². The normalized spacial score (nSPS) is 16.8. The zero-order valence-electron chi connectivity index (χ0n) is 18.6. The molecule has 0 bridgehead atoms. The summed E-state index contributed by atoms with van der Waals surface area (Å²) in [5.74, 6) is 1.07. The number of carbonyl (C=O) groups is 3. The van der Waals surface area contributed by atoms with E-state index in [2.05, 4.69) is 10.6 Å². The van der Waals surface area contributed by atoms with Crippen molar-refractivity contribution in [3.63, 3.8) is 0 Å². The van der Waals surface area contributed by atoms with Crippen molar-refractivity contribution < 1.29 is 23.9 Å². The lowest BCUT2D eigenvalue weighted by molar-refractivity contribution is -0.133. The number of fused-ring (bicyclic) bond motifs is 1. The molecule has 1 fully saturated rings. The molecular formula is C23H33N3O5. The number of hydrogen-bond donors (Lipinski definition) is 2. The first-order chi connectivity index (χ1) is 14.9. The molecular weight excluding hydrogens is 398 g/mol. The minimum atomic E-state index is -0.646. The molecule has 1 aromatic carbocycles. The fourth-order valence-electron chi connectivity index (χ4n) is 3.98. The number of ether oxygens (including phenoxy) is 2. The van der Waals surface area contributed by atoms with Crippen LogP contribution in [0.2, 0.25) is 0 Å². The van der Waals surface area contributed by atoms with Crippen LogP contribution in [0.25, 0.3) is 0 Å². The Morgan fingerprint density at radius 3 is 2.52 bits per heavy atom. The fraction of sp³-hybridized carbons (Fsp3) is 0.609. The number of piperidine rings is 1. The number of rotatable bonds is 8. The van der Waals surface area contributed by atoms with Gasteiger partial charge in [0, 0.05) is 31.6 Å². The fourth-order valence-corrected chi connectivity index (χ4v) is 3.98. The van der Waals surface area contributed by atoms with Crippen molar-refractivity contribution in [2.24, 2.45) is 11.8 Å². The number of nitrogens with one attached hydrogen (secondary N) is 2. The first kappa shape index (κ1) is 22.9. The third-order valence-corrected chi connectivity index (χ3v) is 5.70. The SMILES string of the molecule is CCCNC(=O)C(NC(=O)c1ccc2c(c1)OCO2)C1CCN(C(=O)CC(C)C)CC1. The molecule has 0 saturated carbocycles. The minimum absolute atomic E-state index is 0.0297. The molecule has 1 aromatic rings. The molecule has 0 aromatic heterocycles. The first-order valence-corrected chi connectivity index (χ1v) is 11.1. The molecule has 0 spiro atoms. The van der Waals surface area contributed by atoms with Crippen molar-refractivity contribution in [2.45, 2.75) is 52.5 Å². The summed E-state index contributed by atoms with van der Waals surface area (Å²) in [5.41, 5.74) is 0.419. The van der Waals surface area contributed by atoms with Gasteiger partial charge in [-0.1, -0.05) is 20.8 Å². The molecule has 31 heavy (non-hydrogen) atoms. The maximum Gasteiger partial charge on any atom is 0.252 e. The van der Waals surface area contributed by atoms with Crippen molar-refractivity contribution in [1.29, 1.82) is 0 Å². The number of benzene rings is 1. The van der Waals surface area contributed by atoms with E-state index in [-0.39, 0.29) is 30.4 Å². The molecule has 2 aliphatic heterocycles. The molecule has 2 aliphatic rings. The largest absolute Gasteiger partial charge is 0.454 e. The lowest BCUT2D eigenvalue weighted by Crippen LogP contribution is -2.54. The van der Waals surface area contributed by atoms with E-state index in [1.165, 1.54) is 0 Å². The van der Waals surface area contributed by atoms with Crippen LogP contribution >= 0.6 is 0 Å². The molecule has 170 valence electrons. The average Bonchev–Trinajstić information content (AvgIpc) is 3.23. The van der Waals surface area contributed by atoms with E-state index in [9.17, 15) is 14.4 Å². The molecule has 3 rings (SSSR count). The van der Waals surface area contributed by atoms with Crippen LogP contribution in [0.15, 0.2) is 18.2 Å². The second kappa shape index (κ2) is 10.5. The third kappa shape index (κ3) is 5.89. The molecule has 2 N–H and O–H groups in total. The van der Waals surface area contributed by atoms with Crippen molar-refractivity contribution in [1.82, 2.24) is 15.5 Å². The van der Waals surface area contributed by atoms with Gasteiger partial charge in [-0.2, -0.15) is 0 Å². The Morgan fingerprint density at radius 2 is 1.84 bits per heavy atom. The van der Waals surface area contributed by atoms with E-state index < -0.39 is 6.04 Å². The minimum Gasteiger partial charge on any atom is -0.454 e. The summed E-state index contributed by atoms with van der Waals surface area (Å²) in [5, 5.41) is 5.84. The number of carbonyl (C=O) groups excluding carboxylic acids is 3. The second-order valence-electron chi connectivity index (χ2n) is 8.63. The Balaban J connectivity index is 1.66. The van der Waals surface area contributed by atoms with Crippen LogP contribution < -0.4 is 20.1 Å². The highest BCUT2D eigenvalue weighted by molar-refractivity contribution is 5.98. The molecule has 1 saturated heterocycles. The Labute approximate surface area is 183 Å². The predicted molar refractivity (Wildman–Crippen MR) is 116 cm³/mol. The summed E-state index contributed by atoms with van der Waals surface area (Å²) in [7, 11) is 0. The monoisotopic (exact) mass is 431 g/mol. The van der Waals surface area contributed by atoms with E-state index in [1.54, 1.807) is 18.2 Å². The van der Waals surface area contributed by atoms with Crippen molar-refractivity contribution >= 4 is 17.7 Å². The van der Waals surface area contributed by atoms with Gasteiger partial charge in [-0.3, -0.25) is 14.4 Å². The van der Waals surface area contributed by atoms with Crippen molar-refractivity contribution in [2.75, 3.05) is 26.4 Å². The summed E-state index contributed by atoms with van der Waals surface area (Å²) < 4.78 is 10.6. The Bertz CT molecular complexity index is 802. The van der Waals surface area contributed by atoms with Gasteiger partial charge in [-0.15, -0.1) is 0 Å². The van der Waals surface area contributed by atoms with Crippen LogP contribution in [0, 0.1) is 11.8 Å². The van der Waals surface area contributed by atoms with Gasteiger partial charge in [0.25, 0.3) is 5.91 Å². The van der Waals surface area contributed by atoms with E-state index in [0.29, 0.717) is 61.9 Å². The molecule has 8 nitrogen and oxygen atoms in total. The van der Waals surface area contributed by atoms with Crippen LogP contribution in [0.4, 0.5) is 0 Å². The molecule has 3 amide bonds. The van der Waals surface area contributed by atoms with Crippen LogP contribution in [-0.2, 0) is 9.59 Å². The topological polar surface area (TPSA) is 97.0 Å². The molecule has 1 atom stereocenters. The van der Waals surface area contributed by atoms with E-state index in [0.717, 1.165) is 6.42 Å². The lowest BCUT2D eigenvalue weighted by Gasteiger charge is -2.36. The smallest absolute Gasteiger partial charge is 0.252 e. The van der Waals surface area contributed by atoms with Gasteiger partial charge in [0.2, 0.25) is 18.6 Å². The van der Waals surface area contributed by atoms with Gasteiger partial charge in [0.15, 0.2) is 11.5 Å². The maximum atomic E-state index is 12.9. The summed E-state index contributed by atoms with van der Waals surface area (Å²) >= 11 is 0. The molecule has 8 heteroatoms.